The second-order valence-electron chi connectivity index (χ2n) is 8.72. The van der Waals surface area contributed by atoms with Gasteiger partial charge in [-0.2, -0.15) is 0 Å². The van der Waals surface area contributed by atoms with Crippen molar-refractivity contribution >= 4 is 46.0 Å². The number of Topliss-reactive ketones (excluding diaryl/α,β-unsaturated/α-hetero) is 1. The van der Waals surface area contributed by atoms with Gasteiger partial charge in [-0.15, -0.1) is 0 Å². The number of aromatic amines is 1. The lowest BCUT2D eigenvalue weighted by molar-refractivity contribution is -0.132. The van der Waals surface area contributed by atoms with Crippen LogP contribution in [0.2, 0.25) is 5.02 Å². The highest BCUT2D eigenvalue weighted by Gasteiger charge is 2.48. The van der Waals surface area contributed by atoms with Crippen molar-refractivity contribution in [3.8, 4) is 17.2 Å². The summed E-state index contributed by atoms with van der Waals surface area (Å²) in [5, 5.41) is 11.7. The van der Waals surface area contributed by atoms with Crippen molar-refractivity contribution in [2.75, 3.05) is 26.2 Å². The Labute approximate surface area is 223 Å². The maximum absolute atomic E-state index is 13.5. The number of aryl methyl sites for hydroxylation is 1. The molecule has 1 atom stereocenters. The first kappa shape index (κ1) is 25.2. The van der Waals surface area contributed by atoms with E-state index in [1.54, 1.807) is 30.3 Å². The summed E-state index contributed by atoms with van der Waals surface area (Å²) in [4.78, 5) is 35.9. The number of aliphatic hydroxyl groups is 1. The molecule has 10 heteroatoms. The minimum absolute atomic E-state index is 0.0828. The van der Waals surface area contributed by atoms with Gasteiger partial charge in [0.2, 0.25) is 5.95 Å². The summed E-state index contributed by atoms with van der Waals surface area (Å²) < 4.78 is 16.0. The van der Waals surface area contributed by atoms with Crippen LogP contribution < -0.4 is 19.1 Å². The van der Waals surface area contributed by atoms with Gasteiger partial charge >= 0.3 is 5.91 Å². The van der Waals surface area contributed by atoms with E-state index < -0.39 is 17.7 Å². The van der Waals surface area contributed by atoms with Crippen LogP contribution in [0.3, 0.4) is 0 Å². The predicted octanol–water partition coefficient (Wildman–Crippen LogP) is 5.18. The number of anilines is 1. The maximum atomic E-state index is 13.5. The SMILES string of the molecule is COc1cc(/C(O)=C2\C(=O)C(=O)N(c3nc4cc(OC)c(OC)cc4[nH]3)C2c2cccc(C)c2)ccc1Cl. The number of aliphatic hydroxyl groups excluding tert-OH is 1. The molecule has 0 bridgehead atoms. The molecule has 2 heterocycles. The number of H-pyrrole nitrogens is 1. The number of fused-ring (bicyclic) bond motifs is 1. The van der Waals surface area contributed by atoms with Crippen LogP contribution in [0.5, 0.6) is 17.2 Å². The van der Waals surface area contributed by atoms with Crippen molar-refractivity contribution in [2.24, 2.45) is 0 Å². The number of benzene rings is 3. The van der Waals surface area contributed by atoms with E-state index in [1.807, 2.05) is 25.1 Å². The molecule has 194 valence electrons. The lowest BCUT2D eigenvalue weighted by Crippen LogP contribution is -2.30. The van der Waals surface area contributed by atoms with E-state index in [9.17, 15) is 14.7 Å². The summed E-state index contributed by atoms with van der Waals surface area (Å²) in [6.07, 6.45) is 0. The van der Waals surface area contributed by atoms with Gasteiger partial charge in [0.1, 0.15) is 11.5 Å². The molecular weight excluding hydrogens is 510 g/mol. The Hall–Kier alpha value is -4.50. The van der Waals surface area contributed by atoms with E-state index >= 15 is 0 Å². The third-order valence-electron chi connectivity index (χ3n) is 6.43. The summed E-state index contributed by atoms with van der Waals surface area (Å²) in [6.45, 7) is 1.90. The molecule has 1 aliphatic rings. The minimum atomic E-state index is -0.957. The molecule has 38 heavy (non-hydrogen) atoms. The standard InChI is InChI=1S/C28H24ClN3O6/c1-14-6-5-7-15(10-14)24-23(25(33)16-8-9-17(29)20(11-16)36-2)26(34)27(35)32(24)28-30-18-12-21(37-3)22(38-4)13-19(18)31-28/h5-13,24,33H,1-4H3,(H,30,31)/b25-23+. The minimum Gasteiger partial charge on any atom is -0.507 e. The highest BCUT2D eigenvalue weighted by Crippen LogP contribution is 2.43. The number of rotatable bonds is 6. The molecule has 0 aliphatic carbocycles. The zero-order valence-corrected chi connectivity index (χ0v) is 21.8. The van der Waals surface area contributed by atoms with Crippen LogP contribution in [0, 0.1) is 6.92 Å². The third-order valence-corrected chi connectivity index (χ3v) is 6.74. The molecule has 0 saturated carbocycles. The first-order valence-corrected chi connectivity index (χ1v) is 12.0. The number of aromatic nitrogens is 2. The van der Waals surface area contributed by atoms with Crippen LogP contribution in [0.1, 0.15) is 22.7 Å². The number of hydrogen-bond donors (Lipinski definition) is 2. The molecule has 1 aliphatic heterocycles. The number of methoxy groups -OCH3 is 3. The van der Waals surface area contributed by atoms with Crippen LogP contribution >= 0.6 is 11.6 Å². The molecule has 3 aromatic carbocycles. The molecular formula is C28H24ClN3O6. The summed E-state index contributed by atoms with van der Waals surface area (Å²) in [5.41, 5.74) is 2.82. The average molecular weight is 534 g/mol. The molecule has 0 spiro atoms. The zero-order valence-electron chi connectivity index (χ0n) is 21.0. The molecule has 2 N–H and O–H groups in total. The van der Waals surface area contributed by atoms with E-state index in [0.717, 1.165) is 5.56 Å². The number of imidazole rings is 1. The first-order valence-electron chi connectivity index (χ1n) is 11.6. The Morgan fingerprint density at radius 3 is 2.37 bits per heavy atom. The van der Waals surface area contributed by atoms with Crippen molar-refractivity contribution in [1.82, 2.24) is 9.97 Å². The number of amides is 1. The van der Waals surface area contributed by atoms with Gasteiger partial charge in [-0.1, -0.05) is 41.4 Å². The van der Waals surface area contributed by atoms with E-state index in [1.165, 1.54) is 32.3 Å². The fourth-order valence-electron chi connectivity index (χ4n) is 4.61. The van der Waals surface area contributed by atoms with Crippen LogP contribution in [-0.4, -0.2) is 48.1 Å². The maximum Gasteiger partial charge on any atom is 0.302 e. The first-order chi connectivity index (χ1) is 18.3. The van der Waals surface area contributed by atoms with Crippen molar-refractivity contribution in [1.29, 1.82) is 0 Å². The molecule has 9 nitrogen and oxygen atoms in total. The molecule has 1 unspecified atom stereocenters. The lowest BCUT2D eigenvalue weighted by Gasteiger charge is -2.23. The molecule has 1 aromatic heterocycles. The fourth-order valence-corrected chi connectivity index (χ4v) is 4.80. The van der Waals surface area contributed by atoms with Crippen LogP contribution in [0.4, 0.5) is 5.95 Å². The summed E-state index contributed by atoms with van der Waals surface area (Å²) >= 11 is 6.16. The number of carbonyl (C=O) groups is 2. The summed E-state index contributed by atoms with van der Waals surface area (Å²) in [6, 6.07) is 14.4. The van der Waals surface area contributed by atoms with Crippen molar-refractivity contribution in [3.05, 3.63) is 81.9 Å². The summed E-state index contributed by atoms with van der Waals surface area (Å²) in [7, 11) is 4.48. The van der Waals surface area contributed by atoms with E-state index in [-0.39, 0.29) is 22.8 Å². The third kappa shape index (κ3) is 4.10. The Kier molecular flexibility index (Phi) is 6.46. The lowest BCUT2D eigenvalue weighted by atomic mass is 9.94. The topological polar surface area (TPSA) is 114 Å². The number of carbonyl (C=O) groups excluding carboxylic acids is 2. The largest absolute Gasteiger partial charge is 0.507 e. The fraction of sp³-hybridized carbons (Fsp3) is 0.179. The molecule has 1 saturated heterocycles. The van der Waals surface area contributed by atoms with Crippen LogP contribution in [0.15, 0.2) is 60.2 Å². The van der Waals surface area contributed by atoms with E-state index in [0.29, 0.717) is 38.9 Å². The number of nitrogens with one attached hydrogen (secondary N) is 1. The molecule has 5 rings (SSSR count). The van der Waals surface area contributed by atoms with Gasteiger partial charge in [0, 0.05) is 17.7 Å². The van der Waals surface area contributed by atoms with Crippen molar-refractivity contribution < 1.29 is 28.9 Å². The van der Waals surface area contributed by atoms with Crippen LogP contribution in [0.25, 0.3) is 16.8 Å². The number of ketones is 1. The average Bonchev–Trinajstić information content (AvgIpc) is 3.44. The zero-order chi connectivity index (χ0) is 27.1. The normalized spacial score (nSPS) is 16.8. The number of hydrogen-bond acceptors (Lipinski definition) is 7. The molecule has 4 aromatic rings. The Morgan fingerprint density at radius 1 is 0.974 bits per heavy atom. The highest BCUT2D eigenvalue weighted by molar-refractivity contribution is 6.51. The quantitative estimate of drug-likeness (QED) is 0.199. The van der Waals surface area contributed by atoms with Gasteiger partial charge in [-0.05, 0) is 30.7 Å². The molecule has 1 fully saturated rings. The monoisotopic (exact) mass is 533 g/mol. The molecule has 1 amide bonds. The van der Waals surface area contributed by atoms with Gasteiger partial charge in [-0.3, -0.25) is 14.5 Å². The van der Waals surface area contributed by atoms with Crippen molar-refractivity contribution in [3.63, 3.8) is 0 Å². The predicted molar refractivity (Wildman–Crippen MR) is 143 cm³/mol. The number of ether oxygens (including phenoxy) is 3. The second kappa shape index (κ2) is 9.75. The van der Waals surface area contributed by atoms with Crippen LogP contribution in [-0.2, 0) is 9.59 Å². The summed E-state index contributed by atoms with van der Waals surface area (Å²) in [5.74, 6) is -0.646. The van der Waals surface area contributed by atoms with Gasteiger partial charge in [0.05, 0.1) is 49.0 Å². The van der Waals surface area contributed by atoms with Crippen molar-refractivity contribution in [2.45, 2.75) is 13.0 Å². The Bertz CT molecular complexity index is 1590. The number of halogens is 1. The van der Waals surface area contributed by atoms with Gasteiger partial charge in [-0.25, -0.2) is 4.98 Å². The molecule has 0 radical (unpaired) electrons. The van der Waals surface area contributed by atoms with Gasteiger partial charge in [0.15, 0.2) is 11.5 Å². The smallest absolute Gasteiger partial charge is 0.302 e. The highest BCUT2D eigenvalue weighted by atomic mass is 35.5. The van der Waals surface area contributed by atoms with E-state index in [2.05, 4.69) is 9.97 Å². The Balaban J connectivity index is 1.73. The second-order valence-corrected chi connectivity index (χ2v) is 9.12. The van der Waals surface area contributed by atoms with Gasteiger partial charge < -0.3 is 24.3 Å². The number of nitrogens with zero attached hydrogens (tertiary/aromatic N) is 2. The van der Waals surface area contributed by atoms with Gasteiger partial charge in [0.25, 0.3) is 5.78 Å². The van der Waals surface area contributed by atoms with E-state index in [4.69, 9.17) is 25.8 Å². The Morgan fingerprint density at radius 2 is 1.68 bits per heavy atom.